The van der Waals surface area contributed by atoms with Gasteiger partial charge in [-0.3, -0.25) is 0 Å². The van der Waals surface area contributed by atoms with Crippen molar-refractivity contribution in [1.29, 1.82) is 0 Å². The maximum atomic E-state index is 8.62. The van der Waals surface area contributed by atoms with Gasteiger partial charge in [0.25, 0.3) is 0 Å². The van der Waals surface area contributed by atoms with Crippen molar-refractivity contribution in [3.8, 4) is 0 Å². The van der Waals surface area contributed by atoms with E-state index in [1.165, 1.54) is 57.8 Å². The number of hydrogen-bond acceptors (Lipinski definition) is 1. The minimum atomic E-state index is 0.369. The summed E-state index contributed by atoms with van der Waals surface area (Å²) in [5, 5.41) is 8.62. The summed E-state index contributed by atoms with van der Waals surface area (Å²) in [5.74, 6) is 0.902. The Labute approximate surface area is 94.6 Å². The third kappa shape index (κ3) is 6.72. The Morgan fingerprint density at radius 3 is 2.20 bits per heavy atom. The van der Waals surface area contributed by atoms with Gasteiger partial charge in [0, 0.05) is 6.61 Å². The van der Waals surface area contributed by atoms with Gasteiger partial charge in [0.05, 0.1) is 0 Å². The molecule has 0 bridgehead atoms. The van der Waals surface area contributed by atoms with E-state index in [0.717, 1.165) is 12.3 Å². The Balaban J connectivity index is 1.75. The molecule has 0 aromatic rings. The van der Waals surface area contributed by atoms with Gasteiger partial charge in [-0.2, -0.15) is 0 Å². The molecule has 1 aliphatic rings. The zero-order chi connectivity index (χ0) is 10.8. The van der Waals surface area contributed by atoms with Crippen LogP contribution in [0.1, 0.15) is 64.2 Å². The summed E-state index contributed by atoms with van der Waals surface area (Å²) in [5.41, 5.74) is 0. The van der Waals surface area contributed by atoms with Crippen LogP contribution < -0.4 is 0 Å². The molecule has 0 aromatic carbocycles. The van der Waals surface area contributed by atoms with Crippen molar-refractivity contribution in [2.24, 2.45) is 5.92 Å². The Bertz CT molecular complexity index is 163. The summed E-state index contributed by atoms with van der Waals surface area (Å²) >= 11 is 0. The maximum Gasteiger partial charge on any atom is 0.0431 e. The van der Waals surface area contributed by atoms with Gasteiger partial charge < -0.3 is 5.11 Å². The lowest BCUT2D eigenvalue weighted by molar-refractivity contribution is 0.282. The van der Waals surface area contributed by atoms with E-state index in [4.69, 9.17) is 5.11 Å². The van der Waals surface area contributed by atoms with E-state index in [-0.39, 0.29) is 0 Å². The third-order valence-electron chi connectivity index (χ3n) is 3.35. The zero-order valence-electron chi connectivity index (χ0n) is 9.96. The standard InChI is InChI=1S/C14H26O/c15-13-9-5-3-1-2-4-6-10-14-11-7-8-12-14/h7,11,14-15H,1-6,8-10,12-13H2/t14-/m0/s1. The van der Waals surface area contributed by atoms with Gasteiger partial charge in [-0.1, -0.05) is 50.7 Å². The predicted molar refractivity (Wildman–Crippen MR) is 65.9 cm³/mol. The first-order valence-corrected chi connectivity index (χ1v) is 6.71. The first-order valence-electron chi connectivity index (χ1n) is 6.71. The van der Waals surface area contributed by atoms with Crippen LogP contribution in [0.5, 0.6) is 0 Å². The fraction of sp³-hybridized carbons (Fsp3) is 0.857. The summed E-state index contributed by atoms with van der Waals surface area (Å²) in [7, 11) is 0. The molecular weight excluding hydrogens is 184 g/mol. The van der Waals surface area contributed by atoms with E-state index >= 15 is 0 Å². The fourth-order valence-electron chi connectivity index (χ4n) is 2.34. The topological polar surface area (TPSA) is 20.2 Å². The number of aliphatic hydroxyl groups is 1. The largest absolute Gasteiger partial charge is 0.396 e. The summed E-state index contributed by atoms with van der Waals surface area (Å²) in [4.78, 5) is 0. The molecule has 0 heterocycles. The van der Waals surface area contributed by atoms with E-state index in [2.05, 4.69) is 12.2 Å². The average Bonchev–Trinajstić information content (AvgIpc) is 2.75. The normalized spacial score (nSPS) is 19.9. The third-order valence-corrected chi connectivity index (χ3v) is 3.35. The fourth-order valence-corrected chi connectivity index (χ4v) is 2.34. The predicted octanol–water partition coefficient (Wildman–Crippen LogP) is 4.07. The second-order valence-corrected chi connectivity index (χ2v) is 4.75. The summed E-state index contributed by atoms with van der Waals surface area (Å²) in [6.45, 7) is 0.369. The molecule has 1 atom stereocenters. The quantitative estimate of drug-likeness (QED) is 0.449. The van der Waals surface area contributed by atoms with E-state index in [1.54, 1.807) is 0 Å². The van der Waals surface area contributed by atoms with E-state index in [1.807, 2.05) is 0 Å². The first kappa shape index (κ1) is 12.8. The first-order chi connectivity index (χ1) is 7.43. The van der Waals surface area contributed by atoms with Crippen molar-refractivity contribution in [2.75, 3.05) is 6.61 Å². The van der Waals surface area contributed by atoms with E-state index in [9.17, 15) is 0 Å². The van der Waals surface area contributed by atoms with Crippen LogP contribution in [0.25, 0.3) is 0 Å². The number of allylic oxidation sites excluding steroid dienone is 2. The molecule has 15 heavy (non-hydrogen) atoms. The van der Waals surface area contributed by atoms with Gasteiger partial charge in [0.15, 0.2) is 0 Å². The van der Waals surface area contributed by atoms with Gasteiger partial charge in [-0.05, 0) is 31.6 Å². The molecule has 1 rings (SSSR count). The highest BCUT2D eigenvalue weighted by molar-refractivity contribution is 4.95. The molecule has 1 nitrogen and oxygen atoms in total. The highest BCUT2D eigenvalue weighted by atomic mass is 16.2. The highest BCUT2D eigenvalue weighted by Crippen LogP contribution is 2.23. The summed E-state index contributed by atoms with van der Waals surface area (Å²) < 4.78 is 0. The second-order valence-electron chi connectivity index (χ2n) is 4.75. The smallest absolute Gasteiger partial charge is 0.0431 e. The molecule has 0 amide bonds. The Hall–Kier alpha value is -0.300. The molecule has 0 saturated heterocycles. The van der Waals surface area contributed by atoms with Crippen molar-refractivity contribution in [2.45, 2.75) is 64.2 Å². The van der Waals surface area contributed by atoms with Crippen molar-refractivity contribution >= 4 is 0 Å². The molecule has 0 unspecified atom stereocenters. The lowest BCUT2D eigenvalue weighted by atomic mass is 10.00. The maximum absolute atomic E-state index is 8.62. The second kappa shape index (κ2) is 8.96. The van der Waals surface area contributed by atoms with Crippen LogP contribution >= 0.6 is 0 Å². The van der Waals surface area contributed by atoms with Crippen molar-refractivity contribution < 1.29 is 5.11 Å². The number of unbranched alkanes of at least 4 members (excludes halogenated alkanes) is 6. The molecule has 88 valence electrons. The van der Waals surface area contributed by atoms with Crippen molar-refractivity contribution in [1.82, 2.24) is 0 Å². The number of rotatable bonds is 9. The average molecular weight is 210 g/mol. The van der Waals surface area contributed by atoms with Crippen LogP contribution in [-0.2, 0) is 0 Å². The summed E-state index contributed by atoms with van der Waals surface area (Å²) in [6.07, 6.45) is 17.9. The monoisotopic (exact) mass is 210 g/mol. The molecule has 0 aliphatic heterocycles. The molecule has 0 spiro atoms. The highest BCUT2D eigenvalue weighted by Gasteiger charge is 2.07. The van der Waals surface area contributed by atoms with Gasteiger partial charge in [0.1, 0.15) is 0 Å². The number of aliphatic hydroxyl groups excluding tert-OH is 1. The van der Waals surface area contributed by atoms with E-state index in [0.29, 0.717) is 6.61 Å². The molecule has 1 N–H and O–H groups in total. The van der Waals surface area contributed by atoms with Gasteiger partial charge in [-0.25, -0.2) is 0 Å². The Morgan fingerprint density at radius 1 is 0.933 bits per heavy atom. The summed E-state index contributed by atoms with van der Waals surface area (Å²) in [6, 6.07) is 0. The molecular formula is C14H26O. The van der Waals surface area contributed by atoms with Crippen LogP contribution in [0.2, 0.25) is 0 Å². The van der Waals surface area contributed by atoms with Gasteiger partial charge >= 0.3 is 0 Å². The molecule has 0 aromatic heterocycles. The van der Waals surface area contributed by atoms with Gasteiger partial charge in [0.2, 0.25) is 0 Å². The molecule has 0 saturated carbocycles. The molecule has 0 fully saturated rings. The van der Waals surface area contributed by atoms with Crippen LogP contribution in [0.4, 0.5) is 0 Å². The molecule has 1 aliphatic carbocycles. The van der Waals surface area contributed by atoms with Crippen LogP contribution in [0.15, 0.2) is 12.2 Å². The Morgan fingerprint density at radius 2 is 1.60 bits per heavy atom. The van der Waals surface area contributed by atoms with Crippen LogP contribution in [-0.4, -0.2) is 11.7 Å². The lowest BCUT2D eigenvalue weighted by Gasteiger charge is -2.06. The van der Waals surface area contributed by atoms with Crippen LogP contribution in [0.3, 0.4) is 0 Å². The molecule has 1 heteroatoms. The molecule has 0 radical (unpaired) electrons. The minimum absolute atomic E-state index is 0.369. The van der Waals surface area contributed by atoms with E-state index < -0.39 is 0 Å². The minimum Gasteiger partial charge on any atom is -0.396 e. The lowest BCUT2D eigenvalue weighted by Crippen LogP contribution is -1.91. The van der Waals surface area contributed by atoms with Crippen molar-refractivity contribution in [3.63, 3.8) is 0 Å². The van der Waals surface area contributed by atoms with Crippen LogP contribution in [0, 0.1) is 5.92 Å². The zero-order valence-corrected chi connectivity index (χ0v) is 9.96. The van der Waals surface area contributed by atoms with Crippen molar-refractivity contribution in [3.05, 3.63) is 12.2 Å². The van der Waals surface area contributed by atoms with Gasteiger partial charge in [-0.15, -0.1) is 0 Å². The number of hydrogen-bond donors (Lipinski definition) is 1. The SMILES string of the molecule is OCCCCCCCCC[C@H]1C=CCC1. The Kier molecular flexibility index (Phi) is 7.63.